The number of urea groups is 1. The van der Waals surface area contributed by atoms with Crippen LogP contribution in [0.5, 0.6) is 0 Å². The molecule has 0 aliphatic heterocycles. The highest BCUT2D eigenvalue weighted by molar-refractivity contribution is 6.58. The lowest BCUT2D eigenvalue weighted by Gasteiger charge is -2.07. The number of rotatable bonds is 3. The Labute approximate surface area is 93.6 Å². The first-order chi connectivity index (χ1) is 7.65. The average molecular weight is 220 g/mol. The maximum Gasteiger partial charge on any atom is 0.488 e. The monoisotopic (exact) mass is 220 g/mol. The number of carbonyl (C=O) groups excluding carboxylic acids is 1. The molecule has 1 aromatic rings. The second-order valence-corrected chi connectivity index (χ2v) is 3.87. The third-order valence-corrected chi connectivity index (χ3v) is 2.38. The summed E-state index contributed by atoms with van der Waals surface area (Å²) >= 11 is 0. The molecule has 2 rings (SSSR count). The van der Waals surface area contributed by atoms with Gasteiger partial charge in [0.1, 0.15) is 0 Å². The van der Waals surface area contributed by atoms with Gasteiger partial charge in [-0.05, 0) is 30.4 Å². The lowest BCUT2D eigenvalue weighted by atomic mass is 9.80. The van der Waals surface area contributed by atoms with Gasteiger partial charge in [0.05, 0.1) is 0 Å². The van der Waals surface area contributed by atoms with Crippen molar-refractivity contribution in [1.82, 2.24) is 5.32 Å². The van der Waals surface area contributed by atoms with E-state index in [0.717, 1.165) is 12.8 Å². The first-order valence-electron chi connectivity index (χ1n) is 5.19. The van der Waals surface area contributed by atoms with Crippen molar-refractivity contribution >= 4 is 24.3 Å². The number of hydrogen-bond donors (Lipinski definition) is 4. The van der Waals surface area contributed by atoms with Crippen molar-refractivity contribution in [2.24, 2.45) is 0 Å². The van der Waals surface area contributed by atoms with E-state index in [1.165, 1.54) is 0 Å². The van der Waals surface area contributed by atoms with Gasteiger partial charge in [0, 0.05) is 11.7 Å². The summed E-state index contributed by atoms with van der Waals surface area (Å²) in [5.41, 5.74) is 1.02. The van der Waals surface area contributed by atoms with E-state index < -0.39 is 7.12 Å². The number of hydrogen-bond acceptors (Lipinski definition) is 3. The first-order valence-corrected chi connectivity index (χ1v) is 5.19. The Morgan fingerprint density at radius 2 is 1.88 bits per heavy atom. The zero-order valence-electron chi connectivity index (χ0n) is 8.68. The average Bonchev–Trinajstić information content (AvgIpc) is 3.02. The van der Waals surface area contributed by atoms with Gasteiger partial charge in [0.15, 0.2) is 0 Å². The van der Waals surface area contributed by atoms with Crippen molar-refractivity contribution in [3.63, 3.8) is 0 Å². The van der Waals surface area contributed by atoms with Gasteiger partial charge in [0.25, 0.3) is 0 Å². The van der Waals surface area contributed by atoms with Gasteiger partial charge in [-0.25, -0.2) is 4.79 Å². The quantitative estimate of drug-likeness (QED) is 0.525. The largest absolute Gasteiger partial charge is 0.488 e. The predicted octanol–water partition coefficient (Wildman–Crippen LogP) is -0.350. The molecule has 2 amide bonds. The minimum atomic E-state index is -1.48. The van der Waals surface area contributed by atoms with Crippen LogP contribution in [0.3, 0.4) is 0 Å². The van der Waals surface area contributed by atoms with Crippen LogP contribution in [-0.4, -0.2) is 29.2 Å². The number of amides is 2. The van der Waals surface area contributed by atoms with E-state index in [9.17, 15) is 4.79 Å². The molecule has 1 aliphatic carbocycles. The molecule has 16 heavy (non-hydrogen) atoms. The maximum atomic E-state index is 11.4. The second kappa shape index (κ2) is 4.55. The zero-order chi connectivity index (χ0) is 11.5. The van der Waals surface area contributed by atoms with Crippen LogP contribution in [0.2, 0.25) is 0 Å². The van der Waals surface area contributed by atoms with Gasteiger partial charge >= 0.3 is 13.1 Å². The summed E-state index contributed by atoms with van der Waals surface area (Å²) in [6, 6.07) is 6.45. The minimum absolute atomic E-state index is 0.222. The Balaban J connectivity index is 1.90. The summed E-state index contributed by atoms with van der Waals surface area (Å²) in [5.74, 6) is 0. The molecule has 6 heteroatoms. The van der Waals surface area contributed by atoms with Gasteiger partial charge in [-0.3, -0.25) is 0 Å². The smallest absolute Gasteiger partial charge is 0.423 e. The molecule has 0 bridgehead atoms. The molecule has 1 aromatic carbocycles. The molecule has 1 fully saturated rings. The molecule has 0 aromatic heterocycles. The standard InChI is InChI=1S/C10H13BN2O3/c14-10(13-9-5-6-9)12-8-3-1-7(2-4-8)11(15)16/h1-4,9,15-16H,5-6H2,(H2,12,13,14). The number of nitrogens with one attached hydrogen (secondary N) is 2. The van der Waals surface area contributed by atoms with Crippen LogP contribution in [0.1, 0.15) is 12.8 Å². The molecule has 4 N–H and O–H groups in total. The van der Waals surface area contributed by atoms with Crippen LogP contribution in [0.4, 0.5) is 10.5 Å². The van der Waals surface area contributed by atoms with Crippen LogP contribution in [0.15, 0.2) is 24.3 Å². The summed E-state index contributed by atoms with van der Waals surface area (Å²) in [6.07, 6.45) is 2.09. The summed E-state index contributed by atoms with van der Waals surface area (Å²) < 4.78 is 0. The van der Waals surface area contributed by atoms with Crippen molar-refractivity contribution in [3.05, 3.63) is 24.3 Å². The van der Waals surface area contributed by atoms with E-state index in [0.29, 0.717) is 17.2 Å². The van der Waals surface area contributed by atoms with Gasteiger partial charge in [-0.15, -0.1) is 0 Å². The van der Waals surface area contributed by atoms with Crippen LogP contribution in [0, 0.1) is 0 Å². The van der Waals surface area contributed by atoms with Gasteiger partial charge < -0.3 is 20.7 Å². The van der Waals surface area contributed by atoms with E-state index in [2.05, 4.69) is 10.6 Å². The van der Waals surface area contributed by atoms with E-state index in [4.69, 9.17) is 10.0 Å². The molecule has 0 unspecified atom stereocenters. The number of carbonyl (C=O) groups is 1. The SMILES string of the molecule is O=C(Nc1ccc(B(O)O)cc1)NC1CC1. The van der Waals surface area contributed by atoms with Crippen molar-refractivity contribution in [2.45, 2.75) is 18.9 Å². The van der Waals surface area contributed by atoms with Gasteiger partial charge in [-0.1, -0.05) is 12.1 Å². The Morgan fingerprint density at radius 3 is 2.38 bits per heavy atom. The molecule has 0 spiro atoms. The van der Waals surface area contributed by atoms with Crippen LogP contribution < -0.4 is 16.1 Å². The summed E-state index contributed by atoms with van der Waals surface area (Å²) in [7, 11) is -1.48. The highest BCUT2D eigenvalue weighted by Gasteiger charge is 2.23. The van der Waals surface area contributed by atoms with E-state index in [-0.39, 0.29) is 6.03 Å². The van der Waals surface area contributed by atoms with E-state index >= 15 is 0 Å². The Bertz CT molecular complexity index is 376. The van der Waals surface area contributed by atoms with Crippen molar-refractivity contribution in [1.29, 1.82) is 0 Å². The molecular weight excluding hydrogens is 207 g/mol. The molecule has 1 aliphatic rings. The fourth-order valence-corrected chi connectivity index (χ4v) is 1.32. The molecule has 1 saturated carbocycles. The van der Waals surface area contributed by atoms with E-state index in [1.807, 2.05) is 0 Å². The first kappa shape index (κ1) is 11.0. The van der Waals surface area contributed by atoms with Crippen LogP contribution in [0.25, 0.3) is 0 Å². The molecule has 5 nitrogen and oxygen atoms in total. The number of benzene rings is 1. The molecule has 84 valence electrons. The normalized spacial score (nSPS) is 14.4. The minimum Gasteiger partial charge on any atom is -0.423 e. The Hall–Kier alpha value is -1.53. The lowest BCUT2D eigenvalue weighted by Crippen LogP contribution is -2.31. The fraction of sp³-hybridized carbons (Fsp3) is 0.300. The van der Waals surface area contributed by atoms with Gasteiger partial charge in [-0.2, -0.15) is 0 Å². The summed E-state index contributed by atoms with van der Waals surface area (Å²) in [6.45, 7) is 0. The van der Waals surface area contributed by atoms with Crippen LogP contribution >= 0.6 is 0 Å². The van der Waals surface area contributed by atoms with Crippen LogP contribution in [-0.2, 0) is 0 Å². The second-order valence-electron chi connectivity index (χ2n) is 3.87. The van der Waals surface area contributed by atoms with Crippen molar-refractivity contribution in [3.8, 4) is 0 Å². The highest BCUT2D eigenvalue weighted by Crippen LogP contribution is 2.18. The zero-order valence-corrected chi connectivity index (χ0v) is 8.68. The predicted molar refractivity (Wildman–Crippen MR) is 61.4 cm³/mol. The molecule has 0 saturated heterocycles. The Morgan fingerprint density at radius 1 is 1.25 bits per heavy atom. The third kappa shape index (κ3) is 2.98. The number of anilines is 1. The maximum absolute atomic E-state index is 11.4. The summed E-state index contributed by atoms with van der Waals surface area (Å²) in [4.78, 5) is 11.4. The molecule has 0 radical (unpaired) electrons. The molecule has 0 atom stereocenters. The summed E-state index contributed by atoms with van der Waals surface area (Å²) in [5, 5.41) is 23.2. The lowest BCUT2D eigenvalue weighted by molar-refractivity contribution is 0.251. The third-order valence-electron chi connectivity index (χ3n) is 2.38. The van der Waals surface area contributed by atoms with E-state index in [1.54, 1.807) is 24.3 Å². The topological polar surface area (TPSA) is 81.6 Å². The van der Waals surface area contributed by atoms with Gasteiger partial charge in [0.2, 0.25) is 0 Å². The fourth-order valence-electron chi connectivity index (χ4n) is 1.32. The van der Waals surface area contributed by atoms with Crippen molar-refractivity contribution < 1.29 is 14.8 Å². The Kier molecular flexibility index (Phi) is 3.12. The highest BCUT2D eigenvalue weighted by atomic mass is 16.4. The van der Waals surface area contributed by atoms with Crippen molar-refractivity contribution in [2.75, 3.05) is 5.32 Å². The molecule has 0 heterocycles. The molecular formula is C10H13BN2O3.